The Labute approximate surface area is 162 Å². The summed E-state index contributed by atoms with van der Waals surface area (Å²) in [5.74, 6) is -0.0140. The molecule has 0 radical (unpaired) electrons. The zero-order chi connectivity index (χ0) is 19.6. The molecule has 1 rings (SSSR count). The lowest BCUT2D eigenvalue weighted by atomic mass is 9.78. The van der Waals surface area contributed by atoms with Crippen LogP contribution in [0.15, 0.2) is 0 Å². The molecule has 4 heteroatoms. The number of carbonyl (C=O) groups excluding carboxylic acids is 1. The molecule has 0 aromatic carbocycles. The summed E-state index contributed by atoms with van der Waals surface area (Å²) in [6.07, 6.45) is 12.4. The van der Waals surface area contributed by atoms with Gasteiger partial charge in [0.15, 0.2) is 0 Å². The maximum Gasteiger partial charge on any atom is 0.306 e. The molecule has 1 fully saturated rings. The van der Waals surface area contributed by atoms with Crippen molar-refractivity contribution in [1.29, 1.82) is 0 Å². The molecule has 1 saturated heterocycles. The van der Waals surface area contributed by atoms with Gasteiger partial charge < -0.3 is 10.5 Å². The highest BCUT2D eigenvalue weighted by molar-refractivity contribution is 5.69. The molecule has 0 aliphatic carbocycles. The molecule has 1 aliphatic heterocycles. The normalized spacial score (nSPS) is 20.2. The smallest absolute Gasteiger partial charge is 0.306 e. The van der Waals surface area contributed by atoms with E-state index in [2.05, 4.69) is 39.5 Å². The van der Waals surface area contributed by atoms with Crippen LogP contribution in [0.4, 0.5) is 0 Å². The number of esters is 1. The first-order valence-corrected chi connectivity index (χ1v) is 10.9. The molecule has 0 aromatic heterocycles. The summed E-state index contributed by atoms with van der Waals surface area (Å²) in [5, 5.41) is 0. The lowest BCUT2D eigenvalue weighted by molar-refractivity contribution is -0.160. The van der Waals surface area contributed by atoms with Crippen LogP contribution >= 0.6 is 0 Å². The first kappa shape index (κ1) is 23.4. The molecule has 154 valence electrons. The lowest BCUT2D eigenvalue weighted by Crippen LogP contribution is -2.63. The Hall–Kier alpha value is -0.610. The molecule has 0 aromatic rings. The monoisotopic (exact) mass is 368 g/mol. The van der Waals surface area contributed by atoms with Crippen molar-refractivity contribution in [3.63, 3.8) is 0 Å². The van der Waals surface area contributed by atoms with Crippen LogP contribution in [0, 0.1) is 0 Å². The largest absolute Gasteiger partial charge is 0.462 e. The lowest BCUT2D eigenvalue weighted by Gasteiger charge is -2.54. The molecule has 0 amide bonds. The van der Waals surface area contributed by atoms with Crippen LogP contribution in [-0.4, -0.2) is 41.1 Å². The van der Waals surface area contributed by atoms with E-state index in [4.69, 9.17) is 10.5 Å². The summed E-state index contributed by atoms with van der Waals surface area (Å²) in [7, 11) is 0. The van der Waals surface area contributed by atoms with E-state index < -0.39 is 0 Å². The predicted molar refractivity (Wildman–Crippen MR) is 110 cm³/mol. The average molecular weight is 369 g/mol. The Balaban J connectivity index is 2.30. The third-order valence-electron chi connectivity index (χ3n) is 5.80. The van der Waals surface area contributed by atoms with E-state index in [1.165, 1.54) is 38.5 Å². The molecule has 4 nitrogen and oxygen atoms in total. The number of unbranched alkanes of at least 4 members (excludes halogenated alkanes) is 7. The van der Waals surface area contributed by atoms with Gasteiger partial charge in [0, 0.05) is 43.4 Å². The van der Waals surface area contributed by atoms with Crippen molar-refractivity contribution >= 4 is 5.97 Å². The summed E-state index contributed by atoms with van der Waals surface area (Å²) in [4.78, 5) is 14.7. The summed E-state index contributed by atoms with van der Waals surface area (Å²) in [6.45, 7) is 12.8. The Bertz CT molecular complexity index is 389. The van der Waals surface area contributed by atoms with Crippen molar-refractivity contribution in [2.45, 2.75) is 122 Å². The van der Waals surface area contributed by atoms with E-state index in [0.717, 1.165) is 32.2 Å². The molecule has 26 heavy (non-hydrogen) atoms. The quantitative estimate of drug-likeness (QED) is 0.387. The SMILES string of the molecule is CCCCCCCCCCC(=O)OC1CC(C)(C)N(CCN)C(C)(C)C1. The Morgan fingerprint density at radius 1 is 0.962 bits per heavy atom. The second-order valence-electron chi connectivity index (χ2n) is 9.31. The summed E-state index contributed by atoms with van der Waals surface area (Å²) in [6, 6.07) is 0. The average Bonchev–Trinajstić information content (AvgIpc) is 2.52. The van der Waals surface area contributed by atoms with Gasteiger partial charge in [-0.15, -0.1) is 0 Å². The topological polar surface area (TPSA) is 55.6 Å². The van der Waals surface area contributed by atoms with Crippen molar-refractivity contribution in [2.24, 2.45) is 5.73 Å². The number of hydrogen-bond donors (Lipinski definition) is 1. The molecule has 1 aliphatic rings. The minimum Gasteiger partial charge on any atom is -0.462 e. The fourth-order valence-corrected chi connectivity index (χ4v) is 4.69. The highest BCUT2D eigenvalue weighted by Crippen LogP contribution is 2.39. The van der Waals surface area contributed by atoms with Gasteiger partial charge in [-0.3, -0.25) is 9.69 Å². The van der Waals surface area contributed by atoms with E-state index in [1.54, 1.807) is 0 Å². The number of rotatable bonds is 12. The fraction of sp³-hybridized carbons (Fsp3) is 0.955. The van der Waals surface area contributed by atoms with Crippen molar-refractivity contribution in [3.05, 3.63) is 0 Å². The van der Waals surface area contributed by atoms with Crippen molar-refractivity contribution < 1.29 is 9.53 Å². The minimum absolute atomic E-state index is 0.00452. The summed E-state index contributed by atoms with van der Waals surface area (Å²) < 4.78 is 5.85. The fourth-order valence-electron chi connectivity index (χ4n) is 4.69. The van der Waals surface area contributed by atoms with Gasteiger partial charge >= 0.3 is 5.97 Å². The van der Waals surface area contributed by atoms with Gasteiger partial charge in [-0.25, -0.2) is 0 Å². The molecular weight excluding hydrogens is 324 g/mol. The van der Waals surface area contributed by atoms with Gasteiger partial charge in [-0.1, -0.05) is 51.9 Å². The molecule has 1 heterocycles. The molecule has 0 bridgehead atoms. The number of piperidine rings is 1. The van der Waals surface area contributed by atoms with Gasteiger partial charge in [-0.2, -0.15) is 0 Å². The van der Waals surface area contributed by atoms with Crippen LogP contribution in [0.5, 0.6) is 0 Å². The van der Waals surface area contributed by atoms with Gasteiger partial charge in [0.05, 0.1) is 0 Å². The molecule has 0 saturated carbocycles. The highest BCUT2D eigenvalue weighted by Gasteiger charge is 2.45. The number of nitrogens with zero attached hydrogens (tertiary/aromatic N) is 1. The highest BCUT2D eigenvalue weighted by atomic mass is 16.5. The number of hydrogen-bond acceptors (Lipinski definition) is 4. The number of likely N-dealkylation sites (tertiary alicyclic amines) is 1. The second-order valence-corrected chi connectivity index (χ2v) is 9.31. The van der Waals surface area contributed by atoms with Gasteiger partial charge in [0.2, 0.25) is 0 Å². The van der Waals surface area contributed by atoms with E-state index in [1.807, 2.05) is 0 Å². The molecule has 2 N–H and O–H groups in total. The van der Waals surface area contributed by atoms with Crippen molar-refractivity contribution in [3.8, 4) is 0 Å². The van der Waals surface area contributed by atoms with Crippen LogP contribution in [0.2, 0.25) is 0 Å². The van der Waals surface area contributed by atoms with E-state index >= 15 is 0 Å². The predicted octanol–water partition coefficient (Wildman–Crippen LogP) is 5.04. The number of ether oxygens (including phenoxy) is 1. The van der Waals surface area contributed by atoms with Crippen LogP contribution in [0.3, 0.4) is 0 Å². The molecule has 0 unspecified atom stereocenters. The van der Waals surface area contributed by atoms with Crippen LogP contribution in [0.1, 0.15) is 105 Å². The third-order valence-corrected chi connectivity index (χ3v) is 5.80. The van der Waals surface area contributed by atoms with Crippen LogP contribution in [0.25, 0.3) is 0 Å². The van der Waals surface area contributed by atoms with Crippen molar-refractivity contribution in [2.75, 3.05) is 13.1 Å². The maximum absolute atomic E-state index is 12.3. The first-order chi connectivity index (χ1) is 12.2. The van der Waals surface area contributed by atoms with Gasteiger partial charge in [0.1, 0.15) is 6.10 Å². The van der Waals surface area contributed by atoms with Crippen LogP contribution in [-0.2, 0) is 9.53 Å². The summed E-state index contributed by atoms with van der Waals surface area (Å²) >= 11 is 0. The van der Waals surface area contributed by atoms with E-state index in [9.17, 15) is 4.79 Å². The minimum atomic E-state index is -0.0140. The molecule has 0 spiro atoms. The zero-order valence-electron chi connectivity index (χ0n) is 18.1. The molecule has 0 atom stereocenters. The first-order valence-electron chi connectivity index (χ1n) is 10.9. The standard InChI is InChI=1S/C22H44N2O2/c1-6-7-8-9-10-11-12-13-14-20(25)26-19-17-21(2,3)24(16-15-23)22(4,5)18-19/h19H,6-18,23H2,1-5H3. The van der Waals surface area contributed by atoms with Crippen molar-refractivity contribution in [1.82, 2.24) is 4.90 Å². The number of nitrogens with two attached hydrogens (primary N) is 1. The van der Waals surface area contributed by atoms with E-state index in [0.29, 0.717) is 13.0 Å². The zero-order valence-corrected chi connectivity index (χ0v) is 18.1. The van der Waals surface area contributed by atoms with E-state index in [-0.39, 0.29) is 23.2 Å². The maximum atomic E-state index is 12.3. The van der Waals surface area contributed by atoms with Crippen LogP contribution < -0.4 is 5.73 Å². The Morgan fingerprint density at radius 2 is 1.46 bits per heavy atom. The molecular formula is C22H44N2O2. The third kappa shape index (κ3) is 7.96. The van der Waals surface area contributed by atoms with Gasteiger partial charge in [0.25, 0.3) is 0 Å². The Morgan fingerprint density at radius 3 is 1.96 bits per heavy atom. The summed E-state index contributed by atoms with van der Waals surface area (Å²) in [5.41, 5.74) is 5.81. The van der Waals surface area contributed by atoms with Gasteiger partial charge in [-0.05, 0) is 34.1 Å². The Kier molecular flexibility index (Phi) is 10.2. The second kappa shape index (κ2) is 11.3. The number of carbonyl (C=O) groups is 1.